The summed E-state index contributed by atoms with van der Waals surface area (Å²) in [6.45, 7) is 0.707. The van der Waals surface area contributed by atoms with Crippen molar-refractivity contribution < 1.29 is 33.0 Å². The number of nitrogens with one attached hydrogen (secondary N) is 2. The molecule has 0 aliphatic carbocycles. The summed E-state index contributed by atoms with van der Waals surface area (Å²) >= 11 is 0. The number of carbonyl (C=O) groups is 3. The van der Waals surface area contributed by atoms with Crippen molar-refractivity contribution in [3.05, 3.63) is 59.5 Å². The van der Waals surface area contributed by atoms with E-state index in [0.29, 0.717) is 40.5 Å². The number of ether oxygens (including phenoxy) is 3. The third kappa shape index (κ3) is 4.89. The minimum atomic E-state index is -0.876. The Morgan fingerprint density at radius 2 is 1.79 bits per heavy atom. The monoisotopic (exact) mass is 532 g/mol. The molecule has 3 aromatic heterocycles. The van der Waals surface area contributed by atoms with E-state index in [9.17, 15) is 14.4 Å². The predicted octanol–water partition coefficient (Wildman–Crippen LogP) is 2.46. The van der Waals surface area contributed by atoms with Crippen molar-refractivity contribution >= 4 is 28.9 Å². The van der Waals surface area contributed by atoms with Crippen LogP contribution in [0.3, 0.4) is 0 Å². The second kappa shape index (κ2) is 10.3. The number of rotatable bonds is 5. The lowest BCUT2D eigenvalue weighted by molar-refractivity contribution is -0.120. The first-order chi connectivity index (χ1) is 18.8. The Labute approximate surface area is 222 Å². The molecule has 4 amide bonds. The Morgan fingerprint density at radius 3 is 2.49 bits per heavy atom. The molecule has 0 bridgehead atoms. The maximum Gasteiger partial charge on any atom is 0.322 e. The summed E-state index contributed by atoms with van der Waals surface area (Å²) in [4.78, 5) is 49.0. The molecular formula is C26H24N6O7. The fraction of sp³-hybridized carbons (Fsp3) is 0.231. The molecule has 1 saturated heterocycles. The van der Waals surface area contributed by atoms with E-state index in [4.69, 9.17) is 18.6 Å². The maximum atomic E-state index is 11.8. The number of carbonyl (C=O) groups excluding carboxylic acids is 3. The van der Waals surface area contributed by atoms with Crippen LogP contribution in [0.2, 0.25) is 0 Å². The fourth-order valence-corrected chi connectivity index (χ4v) is 4.19. The number of fused-ring (bicyclic) bond motifs is 2. The third-order valence-corrected chi connectivity index (χ3v) is 6.14. The number of amides is 4. The van der Waals surface area contributed by atoms with Gasteiger partial charge in [0, 0.05) is 31.4 Å². The Hall–Kier alpha value is -5.20. The van der Waals surface area contributed by atoms with Gasteiger partial charge in [-0.1, -0.05) is 6.07 Å². The van der Waals surface area contributed by atoms with Crippen LogP contribution in [0, 0.1) is 0 Å². The van der Waals surface area contributed by atoms with Crippen LogP contribution in [0.25, 0.3) is 22.4 Å². The van der Waals surface area contributed by atoms with Crippen LogP contribution >= 0.6 is 0 Å². The molecule has 4 aromatic rings. The molecule has 2 aliphatic heterocycles. The molecule has 2 aliphatic rings. The highest BCUT2D eigenvalue weighted by molar-refractivity contribution is 6.04. The lowest BCUT2D eigenvalue weighted by Gasteiger charge is -2.07. The molecular weight excluding hydrogens is 508 g/mol. The highest BCUT2D eigenvalue weighted by Crippen LogP contribution is 2.31. The highest BCUT2D eigenvalue weighted by atomic mass is 16.5. The number of hydrogen-bond donors (Lipinski definition) is 2. The van der Waals surface area contributed by atoms with Gasteiger partial charge in [0.15, 0.2) is 11.6 Å². The number of hydrogen-bond acceptors (Lipinski definition) is 10. The van der Waals surface area contributed by atoms with Crippen LogP contribution in [0.1, 0.15) is 27.7 Å². The van der Waals surface area contributed by atoms with E-state index < -0.39 is 18.0 Å². The smallest absolute Gasteiger partial charge is 0.322 e. The van der Waals surface area contributed by atoms with Crippen LogP contribution in [0.15, 0.2) is 47.0 Å². The highest BCUT2D eigenvalue weighted by Gasteiger charge is 2.33. The van der Waals surface area contributed by atoms with Crippen molar-refractivity contribution in [1.82, 2.24) is 30.5 Å². The minimum absolute atomic E-state index is 0.0777. The molecule has 1 unspecified atom stereocenters. The van der Waals surface area contributed by atoms with Gasteiger partial charge in [-0.25, -0.2) is 14.8 Å². The molecule has 39 heavy (non-hydrogen) atoms. The third-order valence-electron chi connectivity index (χ3n) is 6.14. The molecule has 200 valence electrons. The molecule has 5 heterocycles. The van der Waals surface area contributed by atoms with Crippen LogP contribution < -0.4 is 24.8 Å². The summed E-state index contributed by atoms with van der Waals surface area (Å²) in [5.74, 6) is 0.955. The van der Waals surface area contributed by atoms with Crippen LogP contribution in [-0.4, -0.2) is 66.1 Å². The fourth-order valence-electron chi connectivity index (χ4n) is 4.19. The number of imide groups is 1. The van der Waals surface area contributed by atoms with Gasteiger partial charge in [-0.2, -0.15) is 4.98 Å². The zero-order chi connectivity index (χ0) is 27.7. The lowest BCUT2D eigenvalue weighted by Crippen LogP contribution is -2.22. The molecule has 13 heteroatoms. The van der Waals surface area contributed by atoms with Gasteiger partial charge >= 0.3 is 12.0 Å². The number of furan rings is 1. The molecule has 6 rings (SSSR count). The first kappa shape index (κ1) is 25.4. The van der Waals surface area contributed by atoms with Gasteiger partial charge in [0.2, 0.25) is 5.88 Å². The summed E-state index contributed by atoms with van der Waals surface area (Å²) in [7, 11) is 6.35. The van der Waals surface area contributed by atoms with E-state index in [2.05, 4.69) is 25.6 Å². The van der Waals surface area contributed by atoms with E-state index in [-0.39, 0.29) is 11.9 Å². The van der Waals surface area contributed by atoms with Gasteiger partial charge < -0.3 is 28.8 Å². The summed E-state index contributed by atoms with van der Waals surface area (Å²) in [6, 6.07) is 9.39. The molecule has 1 atom stereocenters. The number of benzene rings is 1. The van der Waals surface area contributed by atoms with Crippen molar-refractivity contribution in [2.75, 3.05) is 28.4 Å². The largest absolute Gasteiger partial charge is 0.497 e. The Morgan fingerprint density at radius 1 is 0.974 bits per heavy atom. The maximum absolute atomic E-state index is 11.8. The molecule has 0 spiro atoms. The van der Waals surface area contributed by atoms with Gasteiger partial charge in [-0.15, -0.1) is 0 Å². The molecule has 0 radical (unpaired) electrons. The molecule has 2 N–H and O–H groups in total. The van der Waals surface area contributed by atoms with Crippen molar-refractivity contribution in [1.29, 1.82) is 0 Å². The van der Waals surface area contributed by atoms with Gasteiger partial charge in [-0.05, 0) is 29.8 Å². The summed E-state index contributed by atoms with van der Waals surface area (Å²) in [6.07, 6.45) is 1.55. The van der Waals surface area contributed by atoms with Crippen molar-refractivity contribution in [3.63, 3.8) is 0 Å². The van der Waals surface area contributed by atoms with Gasteiger partial charge in [0.25, 0.3) is 11.8 Å². The number of nitrogens with zero attached hydrogens (tertiary/aromatic N) is 4. The Balaban J connectivity index is 0.000000198. The van der Waals surface area contributed by atoms with E-state index >= 15 is 0 Å². The van der Waals surface area contributed by atoms with Crippen LogP contribution in [0.5, 0.6) is 17.6 Å². The predicted molar refractivity (Wildman–Crippen MR) is 136 cm³/mol. The van der Waals surface area contributed by atoms with E-state index in [1.165, 1.54) is 14.2 Å². The number of aromatic nitrogens is 3. The summed E-state index contributed by atoms with van der Waals surface area (Å²) < 4.78 is 20.9. The number of pyridine rings is 1. The average Bonchev–Trinajstić information content (AvgIpc) is 3.61. The standard InChI is InChI=1S/C16H13N5O5.C10H11NO2/c1-24-14-7(6-17-16(21-14)25-2)8-3-4-10-9(18-8)5-11(26-10)12-13(22)20-15(23)19-12;1-11-6-7-3-4-8(13-2)5-9(7)10(11)12/h3-6,12H,1-2H3,(H2,19,20,22,23);3-5H,6H2,1-2H3. The van der Waals surface area contributed by atoms with Gasteiger partial charge in [0.1, 0.15) is 17.0 Å². The average molecular weight is 533 g/mol. The quantitative estimate of drug-likeness (QED) is 0.366. The normalized spacial score (nSPS) is 15.8. The van der Waals surface area contributed by atoms with Crippen molar-refractivity contribution in [2.45, 2.75) is 12.6 Å². The first-order valence-electron chi connectivity index (χ1n) is 11.7. The first-order valence-corrected chi connectivity index (χ1v) is 11.7. The van der Waals surface area contributed by atoms with Crippen LogP contribution in [-0.2, 0) is 11.3 Å². The zero-order valence-electron chi connectivity index (χ0n) is 21.5. The van der Waals surface area contributed by atoms with Gasteiger partial charge in [-0.3, -0.25) is 14.9 Å². The van der Waals surface area contributed by atoms with E-state index in [1.54, 1.807) is 49.5 Å². The molecule has 1 fully saturated rings. The Bertz CT molecular complexity index is 1600. The second-order valence-corrected chi connectivity index (χ2v) is 8.59. The van der Waals surface area contributed by atoms with Crippen molar-refractivity contribution in [2.24, 2.45) is 0 Å². The van der Waals surface area contributed by atoms with Crippen LogP contribution in [0.4, 0.5) is 4.79 Å². The second-order valence-electron chi connectivity index (χ2n) is 8.59. The summed E-state index contributed by atoms with van der Waals surface area (Å²) in [5.41, 5.74) is 3.97. The topological polar surface area (TPSA) is 158 Å². The van der Waals surface area contributed by atoms with Crippen molar-refractivity contribution in [3.8, 4) is 28.9 Å². The SMILES string of the molecule is COc1ccc2c(c1)C(=O)N(C)C2.COc1ncc(-c2ccc3oc(C4NC(=O)NC4=O)cc3n2)c(OC)n1. The van der Waals surface area contributed by atoms with E-state index in [1.807, 2.05) is 12.1 Å². The van der Waals surface area contributed by atoms with Gasteiger partial charge in [0.05, 0.1) is 32.6 Å². The van der Waals surface area contributed by atoms with E-state index in [0.717, 1.165) is 16.9 Å². The summed E-state index contributed by atoms with van der Waals surface area (Å²) in [5, 5.41) is 4.64. The zero-order valence-corrected chi connectivity index (χ0v) is 21.5. The molecule has 0 saturated carbocycles. The number of urea groups is 1. The Kier molecular flexibility index (Phi) is 6.71. The minimum Gasteiger partial charge on any atom is -0.497 e. The molecule has 13 nitrogen and oxygen atoms in total. The number of methoxy groups -OCH3 is 3. The molecule has 1 aromatic carbocycles. The lowest BCUT2D eigenvalue weighted by atomic mass is 10.1.